The molecule has 0 fully saturated rings. The van der Waals surface area contributed by atoms with E-state index in [1.54, 1.807) is 0 Å². The van der Waals surface area contributed by atoms with Crippen LogP contribution in [0.2, 0.25) is 0 Å². The van der Waals surface area contributed by atoms with Gasteiger partial charge < -0.3 is 4.42 Å². The van der Waals surface area contributed by atoms with Crippen molar-refractivity contribution in [1.82, 2.24) is 29.9 Å². The van der Waals surface area contributed by atoms with Gasteiger partial charge in [0.15, 0.2) is 11.5 Å². The summed E-state index contributed by atoms with van der Waals surface area (Å²) in [7, 11) is 0. The van der Waals surface area contributed by atoms with Crippen LogP contribution in [-0.2, 0) is 0 Å². The molecule has 64 heavy (non-hydrogen) atoms. The molecule has 0 aliphatic carbocycles. The lowest BCUT2D eigenvalue weighted by atomic mass is 10.1. The summed E-state index contributed by atoms with van der Waals surface area (Å²) in [6.07, 6.45) is 3.72. The molecule has 0 aliphatic heterocycles. The first-order valence-corrected chi connectivity index (χ1v) is 21.7. The van der Waals surface area contributed by atoms with Crippen molar-refractivity contribution in [3.05, 3.63) is 213 Å². The maximum Gasteiger partial charge on any atom is 0.192 e. The minimum absolute atomic E-state index is 0.727. The van der Waals surface area contributed by atoms with Crippen LogP contribution >= 0.6 is 0 Å². The van der Waals surface area contributed by atoms with E-state index in [4.69, 9.17) is 4.42 Å². The SMILES string of the molecule is Cc1ccc(C)c(C)c1.Cc1ccc2ccc(C)nc2c1.Cc1ccc2cnc(C)nc2c1.Cc1ccc2nc(C)ncc2c1.Cc1ccc2oc(C)nc2c1.Cc1cccc(C)c1. The highest BCUT2D eigenvalue weighted by atomic mass is 16.3. The van der Waals surface area contributed by atoms with Crippen LogP contribution < -0.4 is 0 Å². The van der Waals surface area contributed by atoms with Gasteiger partial charge in [-0.1, -0.05) is 107 Å². The van der Waals surface area contributed by atoms with Crippen LogP contribution in [-0.4, -0.2) is 29.9 Å². The van der Waals surface area contributed by atoms with E-state index in [-0.39, 0.29) is 0 Å². The van der Waals surface area contributed by atoms with Gasteiger partial charge in [0.1, 0.15) is 17.2 Å². The average Bonchev–Trinajstić information content (AvgIpc) is 3.62. The Morgan fingerprint density at radius 3 is 1.42 bits per heavy atom. The van der Waals surface area contributed by atoms with E-state index in [1.165, 1.54) is 55.5 Å². The zero-order valence-corrected chi connectivity index (χ0v) is 39.9. The highest BCUT2D eigenvalue weighted by Crippen LogP contribution is 2.17. The Hall–Kier alpha value is -7.12. The van der Waals surface area contributed by atoms with Gasteiger partial charge in [-0.2, -0.15) is 0 Å². The van der Waals surface area contributed by atoms with Crippen molar-refractivity contribution in [3.63, 3.8) is 0 Å². The van der Waals surface area contributed by atoms with E-state index in [1.807, 2.05) is 83.4 Å². The standard InChI is InChI=1S/C11H11N.2C10H10N2.C9H9NO.C9H12.C8H10/c1-8-3-5-10-6-4-9(2)12-11(10)7-8;1-7-3-4-10-9(5-7)6-11-8(2)12-10;1-7-3-4-9-6-11-8(2)12-10(9)5-7;1-6-3-4-9-8(5-6)10-7(2)11-9;1-7-4-5-8(2)9(3)6-7;1-7-4-3-5-8(2)6-7/h3-7H,1-2H3;2*3-6H,1-2H3;3-5H,1-2H3;4-6H,1-3H3;3-6H,1-2H3. The monoisotopic (exact) mass is 846 g/mol. The number of hydrogen-bond acceptors (Lipinski definition) is 7. The fourth-order valence-corrected chi connectivity index (χ4v) is 6.65. The molecule has 0 N–H and O–H groups in total. The Morgan fingerprint density at radius 1 is 0.328 bits per heavy atom. The van der Waals surface area contributed by atoms with Gasteiger partial charge in [0, 0.05) is 41.2 Å². The zero-order chi connectivity index (χ0) is 46.3. The van der Waals surface area contributed by atoms with E-state index < -0.39 is 0 Å². The number of aromatic nitrogens is 6. The Kier molecular flexibility index (Phi) is 17.1. The molecule has 0 saturated carbocycles. The Bertz CT molecular complexity index is 2900. The smallest absolute Gasteiger partial charge is 0.192 e. The van der Waals surface area contributed by atoms with E-state index in [2.05, 4.69) is 176 Å². The molecule has 4 heterocycles. The van der Waals surface area contributed by atoms with Gasteiger partial charge in [-0.3, -0.25) is 4.98 Å². The number of rotatable bonds is 0. The molecule has 10 rings (SSSR count). The molecule has 4 aromatic heterocycles. The first-order chi connectivity index (χ1) is 30.5. The molecule has 326 valence electrons. The Balaban J connectivity index is 0.000000145. The second kappa shape index (κ2) is 22.8. The second-order valence-corrected chi connectivity index (χ2v) is 16.6. The summed E-state index contributed by atoms with van der Waals surface area (Å²) in [6, 6.07) is 43.8. The van der Waals surface area contributed by atoms with Crippen molar-refractivity contribution >= 4 is 43.8 Å². The molecule has 0 unspecified atom stereocenters. The molecule has 7 heteroatoms. The maximum atomic E-state index is 5.31. The van der Waals surface area contributed by atoms with Crippen LogP contribution in [0.4, 0.5) is 0 Å². The lowest BCUT2D eigenvalue weighted by molar-refractivity contribution is 0.561. The first-order valence-electron chi connectivity index (χ1n) is 21.7. The highest BCUT2D eigenvalue weighted by Gasteiger charge is 2.00. The summed E-state index contributed by atoms with van der Waals surface area (Å²) in [5, 5.41) is 3.43. The van der Waals surface area contributed by atoms with Gasteiger partial charge in [-0.05, 0) is 153 Å². The zero-order valence-electron chi connectivity index (χ0n) is 39.9. The molecule has 10 aromatic rings. The van der Waals surface area contributed by atoms with Crippen molar-refractivity contribution in [2.45, 2.75) is 90.0 Å². The summed E-state index contributed by atoms with van der Waals surface area (Å²) in [5.74, 6) is 2.38. The van der Waals surface area contributed by atoms with E-state index >= 15 is 0 Å². The number of pyridine rings is 1. The fraction of sp³-hybridized carbons (Fsp3) is 0.228. The number of oxazole rings is 1. The van der Waals surface area contributed by atoms with E-state index in [0.29, 0.717) is 0 Å². The predicted molar refractivity (Wildman–Crippen MR) is 269 cm³/mol. The molecular formula is C57H62N6O. The number of hydrogen-bond donors (Lipinski definition) is 0. The lowest BCUT2D eigenvalue weighted by Crippen LogP contribution is -1.87. The van der Waals surface area contributed by atoms with Crippen LogP contribution in [0.1, 0.15) is 73.3 Å². The van der Waals surface area contributed by atoms with Crippen molar-refractivity contribution in [3.8, 4) is 0 Å². The van der Waals surface area contributed by atoms with Gasteiger partial charge in [0.25, 0.3) is 0 Å². The Morgan fingerprint density at radius 2 is 0.812 bits per heavy atom. The third-order valence-corrected chi connectivity index (χ3v) is 10.2. The molecule has 0 radical (unpaired) electrons. The largest absolute Gasteiger partial charge is 0.441 e. The minimum Gasteiger partial charge on any atom is -0.441 e. The molecule has 6 aromatic carbocycles. The minimum atomic E-state index is 0.727. The molecule has 0 saturated heterocycles. The normalized spacial score (nSPS) is 10.3. The Labute approximate surface area is 379 Å². The molecule has 0 bridgehead atoms. The van der Waals surface area contributed by atoms with Crippen molar-refractivity contribution in [2.75, 3.05) is 0 Å². The average molecular weight is 847 g/mol. The van der Waals surface area contributed by atoms with Gasteiger partial charge in [-0.25, -0.2) is 24.9 Å². The number of aryl methyl sites for hydroxylation is 13. The molecular weight excluding hydrogens is 785 g/mol. The summed E-state index contributed by atoms with van der Waals surface area (Å²) in [6.45, 7) is 26.5. The maximum absolute atomic E-state index is 5.31. The number of benzene rings is 6. The molecule has 0 amide bonds. The quantitative estimate of drug-likeness (QED) is 0.150. The van der Waals surface area contributed by atoms with Crippen molar-refractivity contribution < 1.29 is 4.42 Å². The van der Waals surface area contributed by atoms with Gasteiger partial charge in [0.2, 0.25) is 0 Å². The van der Waals surface area contributed by atoms with E-state index in [0.717, 1.165) is 61.7 Å². The second-order valence-electron chi connectivity index (χ2n) is 16.6. The van der Waals surface area contributed by atoms with Crippen LogP contribution in [0.15, 0.2) is 144 Å². The van der Waals surface area contributed by atoms with Crippen LogP contribution in [0.5, 0.6) is 0 Å². The van der Waals surface area contributed by atoms with Gasteiger partial charge in [-0.15, -0.1) is 0 Å². The fourth-order valence-electron chi connectivity index (χ4n) is 6.65. The third kappa shape index (κ3) is 15.1. The van der Waals surface area contributed by atoms with Crippen LogP contribution in [0.3, 0.4) is 0 Å². The van der Waals surface area contributed by atoms with Crippen molar-refractivity contribution in [1.29, 1.82) is 0 Å². The molecule has 0 aliphatic rings. The molecule has 0 atom stereocenters. The van der Waals surface area contributed by atoms with Crippen molar-refractivity contribution in [2.24, 2.45) is 0 Å². The summed E-state index contributed by atoms with van der Waals surface area (Å²) in [5.41, 5.74) is 17.8. The van der Waals surface area contributed by atoms with E-state index in [9.17, 15) is 0 Å². The molecule has 0 spiro atoms. The predicted octanol–water partition coefficient (Wildman–Crippen LogP) is 14.7. The summed E-state index contributed by atoms with van der Waals surface area (Å²) in [4.78, 5) is 25.5. The summed E-state index contributed by atoms with van der Waals surface area (Å²) < 4.78 is 5.31. The van der Waals surface area contributed by atoms with Crippen LogP contribution in [0.25, 0.3) is 43.8 Å². The molecule has 7 nitrogen and oxygen atoms in total. The highest BCUT2D eigenvalue weighted by molar-refractivity contribution is 5.80. The number of fused-ring (bicyclic) bond motifs is 4. The number of nitrogens with zero attached hydrogens (tertiary/aromatic N) is 6. The topological polar surface area (TPSA) is 90.5 Å². The lowest BCUT2D eigenvalue weighted by Gasteiger charge is -1.99. The first kappa shape index (κ1) is 47.9. The summed E-state index contributed by atoms with van der Waals surface area (Å²) >= 11 is 0. The van der Waals surface area contributed by atoms with Gasteiger partial charge in [0.05, 0.1) is 16.6 Å². The van der Waals surface area contributed by atoms with Gasteiger partial charge >= 0.3 is 0 Å². The third-order valence-electron chi connectivity index (χ3n) is 10.2. The van der Waals surface area contributed by atoms with Crippen LogP contribution in [0, 0.1) is 90.0 Å².